The van der Waals surface area contributed by atoms with Crippen LogP contribution in [-0.4, -0.2) is 4.98 Å². The lowest BCUT2D eigenvalue weighted by molar-refractivity contribution is 0.301. The zero-order valence-corrected chi connectivity index (χ0v) is 13.6. The number of para-hydroxylation sites is 1. The molecule has 0 unspecified atom stereocenters. The van der Waals surface area contributed by atoms with E-state index in [4.69, 9.17) is 9.72 Å². The second-order valence-electron chi connectivity index (χ2n) is 5.36. The van der Waals surface area contributed by atoms with Gasteiger partial charge in [-0.05, 0) is 37.8 Å². The normalized spacial score (nSPS) is 14.6. The minimum absolute atomic E-state index is 0.559. The number of benzene rings is 1. The van der Waals surface area contributed by atoms with Gasteiger partial charge in [-0.3, -0.25) is 0 Å². The molecular formula is C16H19NOS2. The largest absolute Gasteiger partial charge is 0.486 e. The first-order valence-electron chi connectivity index (χ1n) is 6.97. The monoisotopic (exact) mass is 305 g/mol. The molecule has 0 atom stereocenters. The molecule has 0 amide bonds. The maximum atomic E-state index is 5.99. The van der Waals surface area contributed by atoms with Crippen molar-refractivity contribution in [2.75, 3.05) is 0 Å². The maximum absolute atomic E-state index is 5.99. The second kappa shape index (κ2) is 5.78. The molecule has 106 valence electrons. The van der Waals surface area contributed by atoms with Gasteiger partial charge in [-0.25, -0.2) is 4.98 Å². The number of aromatic nitrogens is 1. The van der Waals surface area contributed by atoms with Crippen molar-refractivity contribution < 1.29 is 4.74 Å². The van der Waals surface area contributed by atoms with E-state index in [-0.39, 0.29) is 0 Å². The summed E-state index contributed by atoms with van der Waals surface area (Å²) in [6, 6.07) is 6.23. The van der Waals surface area contributed by atoms with Crippen LogP contribution >= 0.6 is 24.0 Å². The number of hydrogen-bond acceptors (Lipinski definition) is 4. The predicted molar refractivity (Wildman–Crippen MR) is 87.0 cm³/mol. The lowest BCUT2D eigenvalue weighted by Crippen LogP contribution is -1.98. The molecule has 1 aromatic heterocycles. The lowest BCUT2D eigenvalue weighted by Gasteiger charge is -2.10. The fourth-order valence-corrected chi connectivity index (χ4v) is 3.71. The number of rotatable bonds is 5. The SMILES string of the molecule is Cc1cccc(C)c1OCc1nc(C2CC2)c(CS)s1. The highest BCUT2D eigenvalue weighted by atomic mass is 32.1. The summed E-state index contributed by atoms with van der Waals surface area (Å²) in [7, 11) is 0. The Hall–Kier alpha value is -1.000. The van der Waals surface area contributed by atoms with E-state index in [9.17, 15) is 0 Å². The van der Waals surface area contributed by atoms with E-state index in [1.54, 1.807) is 11.3 Å². The molecule has 4 heteroatoms. The molecule has 1 aromatic carbocycles. The molecule has 1 heterocycles. The van der Waals surface area contributed by atoms with Crippen LogP contribution in [0.2, 0.25) is 0 Å². The van der Waals surface area contributed by atoms with E-state index < -0.39 is 0 Å². The molecule has 0 radical (unpaired) electrons. The van der Waals surface area contributed by atoms with Crippen LogP contribution in [-0.2, 0) is 12.4 Å². The molecule has 1 saturated carbocycles. The van der Waals surface area contributed by atoms with Gasteiger partial charge in [-0.1, -0.05) is 18.2 Å². The summed E-state index contributed by atoms with van der Waals surface area (Å²) in [6.07, 6.45) is 2.56. The van der Waals surface area contributed by atoms with E-state index in [1.807, 2.05) is 0 Å². The average molecular weight is 305 g/mol. The quantitative estimate of drug-likeness (QED) is 0.813. The highest BCUT2D eigenvalue weighted by Gasteiger charge is 2.29. The molecule has 0 aliphatic heterocycles. The molecular weight excluding hydrogens is 286 g/mol. The zero-order chi connectivity index (χ0) is 14.1. The highest BCUT2D eigenvalue weighted by Crippen LogP contribution is 2.43. The van der Waals surface area contributed by atoms with Crippen LogP contribution in [0.4, 0.5) is 0 Å². The van der Waals surface area contributed by atoms with Gasteiger partial charge in [0.15, 0.2) is 0 Å². The number of thiol groups is 1. The molecule has 0 bridgehead atoms. The number of aryl methyl sites for hydroxylation is 2. The fourth-order valence-electron chi connectivity index (χ4n) is 2.43. The number of hydrogen-bond donors (Lipinski definition) is 1. The summed E-state index contributed by atoms with van der Waals surface area (Å²) in [4.78, 5) is 6.08. The van der Waals surface area contributed by atoms with Crippen LogP contribution in [0, 0.1) is 13.8 Å². The van der Waals surface area contributed by atoms with Crippen LogP contribution in [0.1, 0.15) is 45.5 Å². The Morgan fingerprint density at radius 1 is 1.30 bits per heavy atom. The topological polar surface area (TPSA) is 22.1 Å². The molecule has 2 aromatic rings. The van der Waals surface area contributed by atoms with E-state index >= 15 is 0 Å². The van der Waals surface area contributed by atoms with Crippen molar-refractivity contribution in [1.82, 2.24) is 4.98 Å². The molecule has 0 N–H and O–H groups in total. The highest BCUT2D eigenvalue weighted by molar-refractivity contribution is 7.79. The fraction of sp³-hybridized carbons (Fsp3) is 0.438. The molecule has 1 aliphatic rings. The van der Waals surface area contributed by atoms with Crippen molar-refractivity contribution in [3.8, 4) is 5.75 Å². The Morgan fingerprint density at radius 3 is 2.60 bits per heavy atom. The van der Waals surface area contributed by atoms with Crippen molar-refractivity contribution in [3.05, 3.63) is 44.9 Å². The van der Waals surface area contributed by atoms with Gasteiger partial charge in [0.05, 0.1) is 5.69 Å². The van der Waals surface area contributed by atoms with Gasteiger partial charge < -0.3 is 4.74 Å². The Balaban J connectivity index is 1.75. The predicted octanol–water partition coefficient (Wildman–Crippen LogP) is 4.65. The van der Waals surface area contributed by atoms with Gasteiger partial charge in [0.1, 0.15) is 17.4 Å². The summed E-state index contributed by atoms with van der Waals surface area (Å²) in [5, 5.41) is 1.07. The summed E-state index contributed by atoms with van der Waals surface area (Å²) in [6.45, 7) is 4.72. The van der Waals surface area contributed by atoms with Crippen molar-refractivity contribution >= 4 is 24.0 Å². The van der Waals surface area contributed by atoms with Gasteiger partial charge in [0, 0.05) is 16.5 Å². The van der Waals surface area contributed by atoms with Crippen molar-refractivity contribution in [3.63, 3.8) is 0 Å². The van der Waals surface area contributed by atoms with Crippen LogP contribution in [0.3, 0.4) is 0 Å². The first-order valence-corrected chi connectivity index (χ1v) is 8.42. The average Bonchev–Trinajstić information content (AvgIpc) is 3.19. The van der Waals surface area contributed by atoms with Gasteiger partial charge in [-0.2, -0.15) is 12.6 Å². The molecule has 2 nitrogen and oxygen atoms in total. The minimum atomic E-state index is 0.559. The second-order valence-corrected chi connectivity index (χ2v) is 6.84. The lowest BCUT2D eigenvalue weighted by atomic mass is 10.1. The van der Waals surface area contributed by atoms with Crippen molar-refractivity contribution in [1.29, 1.82) is 0 Å². The van der Waals surface area contributed by atoms with Gasteiger partial charge in [0.2, 0.25) is 0 Å². The number of ether oxygens (including phenoxy) is 1. The molecule has 0 spiro atoms. The molecule has 1 fully saturated rings. The number of thiazole rings is 1. The minimum Gasteiger partial charge on any atom is -0.486 e. The number of nitrogens with zero attached hydrogens (tertiary/aromatic N) is 1. The third-order valence-electron chi connectivity index (χ3n) is 3.63. The van der Waals surface area contributed by atoms with Crippen molar-refractivity contribution in [2.45, 2.75) is 45.0 Å². The Morgan fingerprint density at radius 2 is 2.00 bits per heavy atom. The smallest absolute Gasteiger partial charge is 0.140 e. The molecule has 0 saturated heterocycles. The van der Waals surface area contributed by atoms with E-state index in [1.165, 1.54) is 34.5 Å². The third-order valence-corrected chi connectivity index (χ3v) is 5.20. The van der Waals surface area contributed by atoms with Crippen LogP contribution in [0.5, 0.6) is 5.75 Å². The van der Waals surface area contributed by atoms with Gasteiger partial charge in [-0.15, -0.1) is 11.3 Å². The van der Waals surface area contributed by atoms with Gasteiger partial charge >= 0.3 is 0 Å². The summed E-state index contributed by atoms with van der Waals surface area (Å²) in [5.74, 6) is 2.46. The first kappa shape index (κ1) is 14.0. The third kappa shape index (κ3) is 2.86. The summed E-state index contributed by atoms with van der Waals surface area (Å²) in [5.41, 5.74) is 3.63. The Kier molecular flexibility index (Phi) is 4.03. The van der Waals surface area contributed by atoms with E-state index in [0.717, 1.165) is 16.5 Å². The molecule has 1 aliphatic carbocycles. The van der Waals surface area contributed by atoms with E-state index in [0.29, 0.717) is 12.5 Å². The van der Waals surface area contributed by atoms with Crippen LogP contribution in [0.25, 0.3) is 0 Å². The molecule has 3 rings (SSSR count). The van der Waals surface area contributed by atoms with Crippen LogP contribution in [0.15, 0.2) is 18.2 Å². The maximum Gasteiger partial charge on any atom is 0.140 e. The Labute approximate surface area is 129 Å². The van der Waals surface area contributed by atoms with Crippen molar-refractivity contribution in [2.24, 2.45) is 0 Å². The Bertz CT molecular complexity index is 597. The van der Waals surface area contributed by atoms with Gasteiger partial charge in [0.25, 0.3) is 0 Å². The van der Waals surface area contributed by atoms with E-state index in [2.05, 4.69) is 44.7 Å². The summed E-state index contributed by atoms with van der Waals surface area (Å²) < 4.78 is 5.99. The van der Waals surface area contributed by atoms with Crippen LogP contribution < -0.4 is 4.74 Å². The first-order chi connectivity index (χ1) is 9.69. The molecule has 20 heavy (non-hydrogen) atoms. The zero-order valence-electron chi connectivity index (χ0n) is 11.8. The standard InChI is InChI=1S/C16H19NOS2/c1-10-4-3-5-11(2)16(10)18-8-14-17-15(12-6-7-12)13(9-19)20-14/h3-5,12,19H,6-9H2,1-2H3. The summed E-state index contributed by atoms with van der Waals surface area (Å²) >= 11 is 6.16.